The molecule has 0 saturated carbocycles. The van der Waals surface area contributed by atoms with Crippen molar-refractivity contribution in [3.8, 4) is 28.2 Å². The number of hydrogen-bond acceptors (Lipinski definition) is 2. The molecule has 5 aromatic carbocycles. The van der Waals surface area contributed by atoms with Crippen molar-refractivity contribution in [2.24, 2.45) is 0 Å². The van der Waals surface area contributed by atoms with Crippen molar-refractivity contribution in [2.45, 2.75) is 13.8 Å². The van der Waals surface area contributed by atoms with E-state index in [0.29, 0.717) is 0 Å². The van der Waals surface area contributed by atoms with Gasteiger partial charge in [0.05, 0.1) is 16.7 Å². The van der Waals surface area contributed by atoms with E-state index in [1.807, 2.05) is 42.5 Å². The van der Waals surface area contributed by atoms with E-state index in [9.17, 15) is 8.78 Å². The van der Waals surface area contributed by atoms with Gasteiger partial charge in [-0.2, -0.15) is 0 Å². The quantitative estimate of drug-likeness (QED) is 0.229. The lowest BCUT2D eigenvalue weighted by atomic mass is 9.98. The van der Waals surface area contributed by atoms with Gasteiger partial charge in [0, 0.05) is 25.7 Å². The van der Waals surface area contributed by atoms with Crippen molar-refractivity contribution >= 4 is 42.5 Å². The third-order valence-corrected chi connectivity index (χ3v) is 8.36. The van der Waals surface area contributed by atoms with E-state index in [1.54, 1.807) is 17.4 Å². The first-order valence-electron chi connectivity index (χ1n) is 12.4. The van der Waals surface area contributed by atoms with E-state index < -0.39 is 0 Å². The zero-order valence-corrected chi connectivity index (χ0v) is 21.6. The number of fused-ring (bicyclic) bond motifs is 4. The van der Waals surface area contributed by atoms with Crippen LogP contribution in [0.2, 0.25) is 0 Å². The van der Waals surface area contributed by atoms with Gasteiger partial charge in [-0.05, 0) is 90.7 Å². The van der Waals surface area contributed by atoms with Crippen molar-refractivity contribution in [3.05, 3.63) is 120 Å². The molecule has 0 N–H and O–H groups in total. The molecule has 0 aliphatic rings. The summed E-state index contributed by atoms with van der Waals surface area (Å²) < 4.78 is 31.8. The second-order valence-electron chi connectivity index (χ2n) is 9.65. The van der Waals surface area contributed by atoms with E-state index >= 15 is 0 Å². The first-order chi connectivity index (χ1) is 18.5. The summed E-state index contributed by atoms with van der Waals surface area (Å²) in [5.41, 5.74) is 8.23. The Morgan fingerprint density at radius 3 is 2.21 bits per heavy atom. The lowest BCUT2D eigenvalue weighted by molar-refractivity contribution is 0.628. The SMILES string of the molecule is Cc1cc(-c2ccc(F)cc2)cc(C)c1-n1c(-c2cccc3c2sc2cc(F)ccc23)nc2ccccc21. The molecule has 2 heterocycles. The van der Waals surface area contributed by atoms with E-state index in [-0.39, 0.29) is 11.6 Å². The molecule has 184 valence electrons. The number of nitrogens with zero attached hydrogens (tertiary/aromatic N) is 2. The number of rotatable bonds is 3. The number of thiophene rings is 1. The molecule has 7 aromatic rings. The summed E-state index contributed by atoms with van der Waals surface area (Å²) >= 11 is 1.60. The van der Waals surface area contributed by atoms with Gasteiger partial charge in [0.2, 0.25) is 0 Å². The highest BCUT2D eigenvalue weighted by Gasteiger charge is 2.21. The highest BCUT2D eigenvalue weighted by Crippen LogP contribution is 2.42. The van der Waals surface area contributed by atoms with Crippen LogP contribution in [0.4, 0.5) is 8.78 Å². The van der Waals surface area contributed by atoms with Gasteiger partial charge in [-0.15, -0.1) is 11.3 Å². The van der Waals surface area contributed by atoms with Gasteiger partial charge in [-0.1, -0.05) is 42.5 Å². The molecule has 0 aliphatic heterocycles. The summed E-state index contributed by atoms with van der Waals surface area (Å²) in [6.07, 6.45) is 0. The Morgan fingerprint density at radius 2 is 1.42 bits per heavy atom. The third kappa shape index (κ3) is 3.54. The summed E-state index contributed by atoms with van der Waals surface area (Å²) in [5.74, 6) is 0.376. The van der Waals surface area contributed by atoms with E-state index in [2.05, 4.69) is 48.7 Å². The largest absolute Gasteiger partial charge is 0.292 e. The smallest absolute Gasteiger partial charge is 0.147 e. The van der Waals surface area contributed by atoms with Gasteiger partial charge in [0.25, 0.3) is 0 Å². The normalized spacial score (nSPS) is 11.7. The van der Waals surface area contributed by atoms with Gasteiger partial charge < -0.3 is 0 Å². The van der Waals surface area contributed by atoms with Crippen LogP contribution >= 0.6 is 11.3 Å². The fraction of sp³-hybridized carbons (Fsp3) is 0.0606. The molecule has 5 heteroatoms. The van der Waals surface area contributed by atoms with Crippen molar-refractivity contribution in [1.29, 1.82) is 0 Å². The predicted molar refractivity (Wildman–Crippen MR) is 154 cm³/mol. The predicted octanol–water partition coefficient (Wildman–Crippen LogP) is 9.62. The molecule has 0 fully saturated rings. The molecule has 0 aliphatic carbocycles. The van der Waals surface area contributed by atoms with Crippen LogP contribution in [0.1, 0.15) is 11.1 Å². The number of aromatic nitrogens is 2. The van der Waals surface area contributed by atoms with Crippen LogP contribution in [0.3, 0.4) is 0 Å². The Labute approximate surface area is 222 Å². The summed E-state index contributed by atoms with van der Waals surface area (Å²) in [7, 11) is 0. The zero-order valence-electron chi connectivity index (χ0n) is 20.8. The highest BCUT2D eigenvalue weighted by atomic mass is 32.1. The number of benzene rings is 5. The van der Waals surface area contributed by atoms with Crippen LogP contribution in [-0.2, 0) is 0 Å². The lowest BCUT2D eigenvalue weighted by Gasteiger charge is -2.17. The Bertz CT molecular complexity index is 1990. The fourth-order valence-electron chi connectivity index (χ4n) is 5.50. The van der Waals surface area contributed by atoms with Crippen molar-refractivity contribution in [3.63, 3.8) is 0 Å². The molecular formula is C33H22F2N2S. The number of halogens is 2. The minimum atomic E-state index is -0.244. The number of aryl methyl sites for hydroxylation is 2. The molecule has 0 unspecified atom stereocenters. The molecule has 7 rings (SSSR count). The first kappa shape index (κ1) is 22.8. The molecule has 38 heavy (non-hydrogen) atoms. The number of hydrogen-bond donors (Lipinski definition) is 0. The summed E-state index contributed by atoms with van der Waals surface area (Å²) in [4.78, 5) is 5.12. The van der Waals surface area contributed by atoms with E-state index in [1.165, 1.54) is 18.2 Å². The van der Waals surface area contributed by atoms with Gasteiger partial charge in [-0.25, -0.2) is 13.8 Å². The molecule has 0 amide bonds. The maximum atomic E-state index is 14.0. The van der Waals surface area contributed by atoms with Crippen LogP contribution in [0.25, 0.3) is 59.4 Å². The first-order valence-corrected chi connectivity index (χ1v) is 13.3. The van der Waals surface area contributed by atoms with Gasteiger partial charge in [0.15, 0.2) is 0 Å². The molecule has 2 nitrogen and oxygen atoms in total. The number of para-hydroxylation sites is 2. The molecular weight excluding hydrogens is 494 g/mol. The van der Waals surface area contributed by atoms with Crippen LogP contribution in [0.15, 0.2) is 97.1 Å². The molecule has 0 atom stereocenters. The Morgan fingerprint density at radius 1 is 0.684 bits per heavy atom. The van der Waals surface area contributed by atoms with Crippen LogP contribution in [0.5, 0.6) is 0 Å². The van der Waals surface area contributed by atoms with E-state index in [0.717, 1.165) is 70.5 Å². The minimum Gasteiger partial charge on any atom is -0.292 e. The summed E-state index contributed by atoms with van der Waals surface area (Å²) in [5, 5.41) is 2.15. The van der Waals surface area contributed by atoms with Crippen molar-refractivity contribution in [1.82, 2.24) is 9.55 Å². The zero-order chi connectivity index (χ0) is 26.0. The monoisotopic (exact) mass is 516 g/mol. The Balaban J connectivity index is 1.51. The molecule has 0 saturated heterocycles. The second-order valence-corrected chi connectivity index (χ2v) is 10.7. The number of imidazole rings is 1. The average Bonchev–Trinajstić information content (AvgIpc) is 3.47. The van der Waals surface area contributed by atoms with Gasteiger partial charge in [0.1, 0.15) is 17.5 Å². The van der Waals surface area contributed by atoms with E-state index in [4.69, 9.17) is 4.98 Å². The Kier molecular flexibility index (Phi) is 5.17. The van der Waals surface area contributed by atoms with Crippen molar-refractivity contribution in [2.75, 3.05) is 0 Å². The Hall–Kier alpha value is -4.35. The fourth-order valence-corrected chi connectivity index (χ4v) is 6.74. The van der Waals surface area contributed by atoms with Crippen LogP contribution in [-0.4, -0.2) is 9.55 Å². The highest BCUT2D eigenvalue weighted by molar-refractivity contribution is 7.26. The summed E-state index contributed by atoms with van der Waals surface area (Å²) in [6.45, 7) is 4.22. The van der Waals surface area contributed by atoms with Crippen LogP contribution < -0.4 is 0 Å². The third-order valence-electron chi connectivity index (χ3n) is 7.15. The molecule has 0 spiro atoms. The van der Waals surface area contributed by atoms with Gasteiger partial charge >= 0.3 is 0 Å². The second kappa shape index (κ2) is 8.61. The maximum absolute atomic E-state index is 14.0. The maximum Gasteiger partial charge on any atom is 0.147 e. The van der Waals surface area contributed by atoms with Gasteiger partial charge in [-0.3, -0.25) is 4.57 Å². The standard InChI is InChI=1S/C33H22F2N2S/c1-19-16-22(21-10-12-23(34)13-11-21)17-20(2)31(19)37-29-9-4-3-8-28(29)36-33(37)27-7-5-6-26-25-15-14-24(35)18-30(25)38-32(26)27/h3-18H,1-2H3. The minimum absolute atomic E-state index is 0.231. The average molecular weight is 517 g/mol. The summed E-state index contributed by atoms with van der Waals surface area (Å²) in [6, 6.07) is 30.3. The lowest BCUT2D eigenvalue weighted by Crippen LogP contribution is -2.03. The molecule has 0 bridgehead atoms. The van der Waals surface area contributed by atoms with Crippen molar-refractivity contribution < 1.29 is 8.78 Å². The topological polar surface area (TPSA) is 17.8 Å². The molecule has 2 aromatic heterocycles. The molecule has 0 radical (unpaired) electrons. The van der Waals surface area contributed by atoms with Crippen LogP contribution in [0, 0.1) is 25.5 Å².